The molecule has 2 nitrogen and oxygen atoms in total. The van der Waals surface area contributed by atoms with Crippen molar-refractivity contribution >= 4 is 11.5 Å². The van der Waals surface area contributed by atoms with Crippen LogP contribution < -0.4 is 4.90 Å². The molecule has 26 heavy (non-hydrogen) atoms. The summed E-state index contributed by atoms with van der Waals surface area (Å²) >= 11 is 0. The molecule has 0 saturated heterocycles. The minimum absolute atomic E-state index is 0.0287. The molecule has 0 N–H and O–H groups in total. The van der Waals surface area contributed by atoms with Gasteiger partial charge in [0.1, 0.15) is 0 Å². The van der Waals surface area contributed by atoms with Crippen molar-refractivity contribution in [3.05, 3.63) is 77.9 Å². The Hall–Kier alpha value is -2.56. The molecule has 5 heteroatoms. The van der Waals surface area contributed by atoms with Crippen molar-refractivity contribution in [1.82, 2.24) is 0 Å². The fourth-order valence-electron chi connectivity index (χ4n) is 3.43. The molecule has 0 aromatic heterocycles. The second kappa shape index (κ2) is 7.36. The normalized spacial score (nSPS) is 16.9. The fraction of sp³-hybridized carbons (Fsp3) is 0.286. The lowest BCUT2D eigenvalue weighted by atomic mass is 9.86. The predicted octanol–water partition coefficient (Wildman–Crippen LogP) is 5.34. The number of anilines is 1. The van der Waals surface area contributed by atoms with Crippen molar-refractivity contribution in [3.63, 3.8) is 0 Å². The molecule has 0 saturated carbocycles. The number of carbonyl (C=O) groups is 1. The van der Waals surface area contributed by atoms with Gasteiger partial charge in [0.2, 0.25) is 0 Å². The van der Waals surface area contributed by atoms with Gasteiger partial charge in [0.25, 0.3) is 0 Å². The lowest BCUT2D eigenvalue weighted by Crippen LogP contribution is -2.31. The van der Waals surface area contributed by atoms with Gasteiger partial charge in [0.15, 0.2) is 5.78 Å². The topological polar surface area (TPSA) is 20.3 Å². The molecule has 0 amide bonds. The van der Waals surface area contributed by atoms with Crippen molar-refractivity contribution in [1.29, 1.82) is 0 Å². The molecule has 3 rings (SSSR count). The Morgan fingerprint density at radius 2 is 1.85 bits per heavy atom. The Labute approximate surface area is 150 Å². The highest BCUT2D eigenvalue weighted by Gasteiger charge is 2.30. The van der Waals surface area contributed by atoms with Crippen LogP contribution in [0, 0.1) is 0 Å². The SMILES string of the molecule is C=CC(=O)CC1CCN(Cc2ccc(C(F)(F)F)cc2)c2ccccc21. The third-order valence-corrected chi connectivity index (χ3v) is 4.79. The first-order chi connectivity index (χ1) is 12.4. The van der Waals surface area contributed by atoms with Crippen molar-refractivity contribution in [2.45, 2.75) is 31.5 Å². The number of ketones is 1. The number of alkyl halides is 3. The van der Waals surface area contributed by atoms with Crippen LogP contribution in [0.4, 0.5) is 18.9 Å². The number of allylic oxidation sites excluding steroid dienone is 1. The molecule has 1 heterocycles. The number of rotatable bonds is 5. The van der Waals surface area contributed by atoms with Crippen LogP contribution in [0.3, 0.4) is 0 Å². The summed E-state index contributed by atoms with van der Waals surface area (Å²) in [5.41, 5.74) is 2.35. The van der Waals surface area contributed by atoms with E-state index in [4.69, 9.17) is 0 Å². The lowest BCUT2D eigenvalue weighted by molar-refractivity contribution is -0.137. The molecular formula is C21H20F3NO. The maximum atomic E-state index is 12.7. The van der Waals surface area contributed by atoms with Gasteiger partial charge in [0, 0.05) is 25.2 Å². The van der Waals surface area contributed by atoms with Crippen molar-refractivity contribution in [2.75, 3.05) is 11.4 Å². The van der Waals surface area contributed by atoms with E-state index < -0.39 is 11.7 Å². The maximum Gasteiger partial charge on any atom is 0.416 e. The molecule has 2 aromatic rings. The van der Waals surface area contributed by atoms with E-state index in [2.05, 4.69) is 11.5 Å². The number of fused-ring (bicyclic) bond motifs is 1. The largest absolute Gasteiger partial charge is 0.416 e. The molecule has 2 aromatic carbocycles. The van der Waals surface area contributed by atoms with Gasteiger partial charge < -0.3 is 4.90 Å². The second-order valence-corrected chi connectivity index (χ2v) is 6.54. The average molecular weight is 359 g/mol. The van der Waals surface area contributed by atoms with E-state index in [0.717, 1.165) is 41.9 Å². The summed E-state index contributed by atoms with van der Waals surface area (Å²) in [5.74, 6) is 0.182. The van der Waals surface area contributed by atoms with E-state index in [1.165, 1.54) is 18.2 Å². The number of benzene rings is 2. The summed E-state index contributed by atoms with van der Waals surface area (Å²) in [7, 11) is 0. The number of nitrogens with zero attached hydrogens (tertiary/aromatic N) is 1. The Kier molecular flexibility index (Phi) is 5.16. The van der Waals surface area contributed by atoms with Crippen LogP contribution in [0.25, 0.3) is 0 Å². The number of hydrogen-bond acceptors (Lipinski definition) is 2. The molecule has 1 unspecified atom stereocenters. The van der Waals surface area contributed by atoms with Crippen LogP contribution in [-0.4, -0.2) is 12.3 Å². The molecular weight excluding hydrogens is 339 g/mol. The molecule has 0 radical (unpaired) electrons. The van der Waals surface area contributed by atoms with Crippen LogP contribution in [0.15, 0.2) is 61.2 Å². The number of carbonyl (C=O) groups excluding carboxylic acids is 1. The molecule has 0 spiro atoms. The molecule has 0 bridgehead atoms. The average Bonchev–Trinajstić information content (AvgIpc) is 2.63. The van der Waals surface area contributed by atoms with Crippen molar-refractivity contribution < 1.29 is 18.0 Å². The van der Waals surface area contributed by atoms with Crippen LogP contribution in [0.5, 0.6) is 0 Å². The van der Waals surface area contributed by atoms with Crippen molar-refractivity contribution in [3.8, 4) is 0 Å². The first kappa shape index (κ1) is 18.2. The Morgan fingerprint density at radius 1 is 1.15 bits per heavy atom. The first-order valence-corrected chi connectivity index (χ1v) is 8.54. The van der Waals surface area contributed by atoms with Gasteiger partial charge >= 0.3 is 6.18 Å². The smallest absolute Gasteiger partial charge is 0.367 e. The minimum Gasteiger partial charge on any atom is -0.367 e. The minimum atomic E-state index is -4.32. The summed E-state index contributed by atoms with van der Waals surface area (Å²) < 4.78 is 38.1. The fourth-order valence-corrected chi connectivity index (χ4v) is 3.43. The summed E-state index contributed by atoms with van der Waals surface area (Å²) in [6.45, 7) is 4.83. The van der Waals surface area contributed by atoms with Gasteiger partial charge in [-0.1, -0.05) is 36.9 Å². The van der Waals surface area contributed by atoms with Gasteiger partial charge in [-0.25, -0.2) is 0 Å². The van der Waals surface area contributed by atoms with Crippen LogP contribution in [0.2, 0.25) is 0 Å². The number of hydrogen-bond donors (Lipinski definition) is 0. The van der Waals surface area contributed by atoms with Crippen LogP contribution in [-0.2, 0) is 17.5 Å². The van der Waals surface area contributed by atoms with E-state index in [1.54, 1.807) is 0 Å². The molecule has 0 aliphatic carbocycles. The van der Waals surface area contributed by atoms with E-state index in [1.807, 2.05) is 24.3 Å². The van der Waals surface area contributed by atoms with Gasteiger partial charge in [-0.15, -0.1) is 0 Å². The molecule has 1 aliphatic heterocycles. The highest BCUT2D eigenvalue weighted by Crippen LogP contribution is 2.38. The summed E-state index contributed by atoms with van der Waals surface area (Å²) in [5, 5.41) is 0. The standard InChI is InChI=1S/C21H20F3NO/c1-2-18(26)13-16-11-12-25(20-6-4-3-5-19(16)20)14-15-7-9-17(10-8-15)21(22,23)24/h2-10,16H,1,11-14H2. The maximum absolute atomic E-state index is 12.7. The number of para-hydroxylation sites is 1. The monoisotopic (exact) mass is 359 g/mol. The third-order valence-electron chi connectivity index (χ3n) is 4.79. The third kappa shape index (κ3) is 3.98. The van der Waals surface area contributed by atoms with Crippen molar-refractivity contribution in [2.24, 2.45) is 0 Å². The molecule has 1 atom stereocenters. The van der Waals surface area contributed by atoms with Crippen LogP contribution in [0.1, 0.15) is 35.4 Å². The van der Waals surface area contributed by atoms with Gasteiger partial charge in [-0.05, 0) is 47.7 Å². The lowest BCUT2D eigenvalue weighted by Gasteiger charge is -2.35. The van der Waals surface area contributed by atoms with E-state index >= 15 is 0 Å². The zero-order chi connectivity index (χ0) is 18.7. The van der Waals surface area contributed by atoms with Gasteiger partial charge in [-0.2, -0.15) is 13.2 Å². The zero-order valence-electron chi connectivity index (χ0n) is 14.3. The van der Waals surface area contributed by atoms with E-state index in [0.29, 0.717) is 13.0 Å². The molecule has 0 fully saturated rings. The summed E-state index contributed by atoms with van der Waals surface area (Å²) in [6.07, 6.45) is -1.69. The Morgan fingerprint density at radius 3 is 2.50 bits per heavy atom. The molecule has 136 valence electrons. The highest BCUT2D eigenvalue weighted by molar-refractivity contribution is 5.90. The van der Waals surface area contributed by atoms with Gasteiger partial charge in [0.05, 0.1) is 5.56 Å². The summed E-state index contributed by atoms with van der Waals surface area (Å²) in [4.78, 5) is 13.9. The second-order valence-electron chi connectivity index (χ2n) is 6.54. The quantitative estimate of drug-likeness (QED) is 0.671. The van der Waals surface area contributed by atoms with Gasteiger partial charge in [-0.3, -0.25) is 4.79 Å². The summed E-state index contributed by atoms with van der Waals surface area (Å²) in [6, 6.07) is 13.2. The van der Waals surface area contributed by atoms with E-state index in [9.17, 15) is 18.0 Å². The number of halogens is 3. The molecule has 1 aliphatic rings. The Bertz CT molecular complexity index is 796. The Balaban J connectivity index is 1.79. The van der Waals surface area contributed by atoms with Crippen LogP contribution >= 0.6 is 0 Å². The first-order valence-electron chi connectivity index (χ1n) is 8.54. The zero-order valence-corrected chi connectivity index (χ0v) is 14.3. The highest BCUT2D eigenvalue weighted by atomic mass is 19.4. The predicted molar refractivity (Wildman–Crippen MR) is 96.1 cm³/mol. The van der Waals surface area contributed by atoms with E-state index in [-0.39, 0.29) is 11.7 Å².